The van der Waals surface area contributed by atoms with Crippen LogP contribution < -0.4 is 11.3 Å². The Bertz CT molecular complexity index is 677. The molecule has 22 heavy (non-hydrogen) atoms. The molecule has 5 nitrogen and oxygen atoms in total. The monoisotopic (exact) mass is 322 g/mol. The zero-order valence-corrected chi connectivity index (χ0v) is 13.6. The van der Waals surface area contributed by atoms with Crippen molar-refractivity contribution in [3.63, 3.8) is 0 Å². The van der Waals surface area contributed by atoms with Crippen molar-refractivity contribution in [2.45, 2.75) is 32.4 Å². The fraction of sp³-hybridized carbons (Fsp3) is 0.500. The van der Waals surface area contributed by atoms with E-state index in [2.05, 4.69) is 16.8 Å². The van der Waals surface area contributed by atoms with Gasteiger partial charge in [0.05, 0.1) is 5.69 Å². The van der Waals surface area contributed by atoms with Crippen LogP contribution in [0.5, 0.6) is 0 Å². The number of hydrogen-bond acceptors (Lipinski definition) is 4. The van der Waals surface area contributed by atoms with Crippen LogP contribution in [-0.4, -0.2) is 33.4 Å². The Kier molecular flexibility index (Phi) is 5.56. The maximum Gasteiger partial charge on any atom is 0.258 e. The number of fused-ring (bicyclic) bond motifs is 1. The molecule has 0 amide bonds. The first-order chi connectivity index (χ1) is 10.1. The summed E-state index contributed by atoms with van der Waals surface area (Å²) in [4.78, 5) is 19.0. The van der Waals surface area contributed by atoms with Crippen LogP contribution in [0.2, 0.25) is 0 Å². The van der Waals surface area contributed by atoms with Gasteiger partial charge in [-0.3, -0.25) is 14.1 Å². The summed E-state index contributed by atoms with van der Waals surface area (Å²) in [5.41, 5.74) is 7.53. The average Bonchev–Trinajstić information content (AvgIpc) is 2.48. The number of nitrogens with zero attached hydrogens (tertiary/aromatic N) is 3. The Morgan fingerprint density at radius 2 is 2.09 bits per heavy atom. The van der Waals surface area contributed by atoms with Crippen LogP contribution >= 0.6 is 12.4 Å². The third-order valence-corrected chi connectivity index (χ3v) is 4.39. The van der Waals surface area contributed by atoms with E-state index in [4.69, 9.17) is 5.73 Å². The molecule has 1 atom stereocenters. The Hall–Kier alpha value is -1.43. The summed E-state index contributed by atoms with van der Waals surface area (Å²) in [6, 6.07) is 7.53. The van der Waals surface area contributed by atoms with E-state index in [9.17, 15) is 4.79 Å². The van der Waals surface area contributed by atoms with Crippen molar-refractivity contribution in [2.24, 2.45) is 11.7 Å². The molecule has 1 unspecified atom stereocenters. The van der Waals surface area contributed by atoms with Crippen molar-refractivity contribution in [1.29, 1.82) is 0 Å². The highest BCUT2D eigenvalue weighted by Crippen LogP contribution is 2.20. The van der Waals surface area contributed by atoms with E-state index in [1.54, 1.807) is 16.7 Å². The lowest BCUT2D eigenvalue weighted by molar-refractivity contribution is 0.164. The molecule has 1 fully saturated rings. The van der Waals surface area contributed by atoms with Crippen LogP contribution in [0.4, 0.5) is 0 Å². The van der Waals surface area contributed by atoms with Crippen LogP contribution in [0.1, 0.15) is 25.5 Å². The Balaban J connectivity index is 0.00000176. The van der Waals surface area contributed by atoms with Gasteiger partial charge in [0.25, 0.3) is 5.56 Å². The number of piperidine rings is 1. The third-order valence-electron chi connectivity index (χ3n) is 4.39. The molecule has 6 heteroatoms. The Labute approximate surface area is 136 Å². The second kappa shape index (κ2) is 7.22. The Morgan fingerprint density at radius 1 is 1.36 bits per heavy atom. The molecular formula is C16H23ClN4O. The quantitative estimate of drug-likeness (QED) is 0.933. The van der Waals surface area contributed by atoms with E-state index in [0.29, 0.717) is 11.6 Å². The molecule has 2 aromatic heterocycles. The van der Waals surface area contributed by atoms with Crippen molar-refractivity contribution in [2.75, 3.05) is 13.1 Å². The zero-order chi connectivity index (χ0) is 14.8. The topological polar surface area (TPSA) is 63.6 Å². The number of likely N-dealkylation sites (tertiary alicyclic amines) is 1. The standard InChI is InChI=1S/C16H22N4O.ClH/c1-12(17)13-5-8-19(9-6-13)11-14-10-16(21)20-7-3-2-4-15(20)18-14;/h2-4,7,10,12-13H,5-6,8-9,11,17H2,1H3;1H. The van der Waals surface area contributed by atoms with Gasteiger partial charge in [-0.25, -0.2) is 4.98 Å². The van der Waals surface area contributed by atoms with Crippen LogP contribution in [0, 0.1) is 5.92 Å². The number of pyridine rings is 1. The highest BCUT2D eigenvalue weighted by molar-refractivity contribution is 5.85. The van der Waals surface area contributed by atoms with E-state index in [1.165, 1.54) is 0 Å². The van der Waals surface area contributed by atoms with Gasteiger partial charge in [-0.1, -0.05) is 6.07 Å². The first kappa shape index (κ1) is 16.9. The molecule has 0 saturated carbocycles. The summed E-state index contributed by atoms with van der Waals surface area (Å²) in [6.07, 6.45) is 4.01. The summed E-state index contributed by atoms with van der Waals surface area (Å²) < 4.78 is 1.58. The van der Waals surface area contributed by atoms with Crippen molar-refractivity contribution >= 4 is 18.1 Å². The van der Waals surface area contributed by atoms with Crippen molar-refractivity contribution in [3.05, 3.63) is 46.5 Å². The minimum atomic E-state index is -0.0129. The van der Waals surface area contributed by atoms with Gasteiger partial charge in [0.15, 0.2) is 0 Å². The van der Waals surface area contributed by atoms with E-state index in [0.717, 1.165) is 38.2 Å². The molecule has 0 bridgehead atoms. The van der Waals surface area contributed by atoms with E-state index >= 15 is 0 Å². The van der Waals surface area contributed by atoms with Gasteiger partial charge >= 0.3 is 0 Å². The largest absolute Gasteiger partial charge is 0.328 e. The van der Waals surface area contributed by atoms with Gasteiger partial charge < -0.3 is 5.73 Å². The van der Waals surface area contributed by atoms with Gasteiger partial charge in [0.1, 0.15) is 5.65 Å². The lowest BCUT2D eigenvalue weighted by Crippen LogP contribution is -2.39. The predicted octanol–water partition coefficient (Wildman–Crippen LogP) is 1.68. The molecule has 1 saturated heterocycles. The van der Waals surface area contributed by atoms with Crippen molar-refractivity contribution in [1.82, 2.24) is 14.3 Å². The molecule has 2 N–H and O–H groups in total. The van der Waals surface area contributed by atoms with Crippen molar-refractivity contribution in [3.8, 4) is 0 Å². The predicted molar refractivity (Wildman–Crippen MR) is 90.4 cm³/mol. The molecule has 1 aliphatic rings. The molecule has 0 spiro atoms. The summed E-state index contributed by atoms with van der Waals surface area (Å²) in [6.45, 7) is 4.89. The van der Waals surface area contributed by atoms with Crippen LogP contribution in [0.25, 0.3) is 5.65 Å². The van der Waals surface area contributed by atoms with Crippen LogP contribution in [0.15, 0.2) is 35.3 Å². The molecule has 3 rings (SSSR count). The maximum atomic E-state index is 12.1. The molecule has 0 aliphatic carbocycles. The SMILES string of the molecule is CC(N)C1CCN(Cc2cc(=O)n3ccccc3n2)CC1.Cl. The minimum absolute atomic E-state index is 0. The first-order valence-electron chi connectivity index (χ1n) is 7.59. The minimum Gasteiger partial charge on any atom is -0.328 e. The smallest absolute Gasteiger partial charge is 0.258 e. The first-order valence-corrected chi connectivity index (χ1v) is 7.59. The summed E-state index contributed by atoms with van der Waals surface area (Å²) in [5.74, 6) is 0.622. The van der Waals surface area contributed by atoms with Crippen molar-refractivity contribution < 1.29 is 0 Å². The molecule has 0 aromatic carbocycles. The summed E-state index contributed by atoms with van der Waals surface area (Å²) >= 11 is 0. The van der Waals surface area contributed by atoms with E-state index in [-0.39, 0.29) is 24.0 Å². The normalized spacial score (nSPS) is 18.1. The van der Waals surface area contributed by atoms with E-state index in [1.807, 2.05) is 18.2 Å². The van der Waals surface area contributed by atoms with Gasteiger partial charge in [-0.2, -0.15) is 0 Å². The molecular weight excluding hydrogens is 300 g/mol. The number of aromatic nitrogens is 2. The average molecular weight is 323 g/mol. The fourth-order valence-corrected chi connectivity index (χ4v) is 3.05. The van der Waals surface area contributed by atoms with Gasteiger partial charge in [-0.15, -0.1) is 12.4 Å². The summed E-state index contributed by atoms with van der Waals surface area (Å²) in [5, 5.41) is 0. The molecule has 2 aromatic rings. The Morgan fingerprint density at radius 3 is 2.77 bits per heavy atom. The second-order valence-electron chi connectivity index (χ2n) is 5.99. The number of rotatable bonds is 3. The maximum absolute atomic E-state index is 12.1. The highest BCUT2D eigenvalue weighted by atomic mass is 35.5. The summed E-state index contributed by atoms with van der Waals surface area (Å²) in [7, 11) is 0. The lowest BCUT2D eigenvalue weighted by Gasteiger charge is -2.33. The van der Waals surface area contributed by atoms with Crippen LogP contribution in [-0.2, 0) is 6.54 Å². The number of nitrogens with two attached hydrogens (primary N) is 1. The zero-order valence-electron chi connectivity index (χ0n) is 12.8. The van der Waals surface area contributed by atoms with Gasteiger partial charge in [0, 0.05) is 24.8 Å². The van der Waals surface area contributed by atoms with Gasteiger partial charge in [0.2, 0.25) is 0 Å². The molecule has 1 aliphatic heterocycles. The van der Waals surface area contributed by atoms with E-state index < -0.39 is 0 Å². The molecule has 0 radical (unpaired) electrons. The highest BCUT2D eigenvalue weighted by Gasteiger charge is 2.22. The molecule has 120 valence electrons. The third kappa shape index (κ3) is 3.66. The molecule has 3 heterocycles. The van der Waals surface area contributed by atoms with Gasteiger partial charge in [-0.05, 0) is 50.9 Å². The number of hydrogen-bond donors (Lipinski definition) is 1. The lowest BCUT2D eigenvalue weighted by atomic mass is 9.91. The van der Waals surface area contributed by atoms with Crippen LogP contribution in [0.3, 0.4) is 0 Å². The second-order valence-corrected chi connectivity index (χ2v) is 5.99. The fourth-order valence-electron chi connectivity index (χ4n) is 3.05. The number of halogens is 1.